The number of aromatic carboxylic acids is 1. The number of carboxylic acid groups (broad SMARTS) is 1. The fourth-order valence-corrected chi connectivity index (χ4v) is 2.35. The Morgan fingerprint density at radius 2 is 2.19 bits per heavy atom. The van der Waals surface area contributed by atoms with E-state index in [1.807, 2.05) is 0 Å². The van der Waals surface area contributed by atoms with Crippen molar-refractivity contribution >= 4 is 28.9 Å². The molecule has 0 aliphatic carbocycles. The Bertz CT molecular complexity index is 700. The van der Waals surface area contributed by atoms with Gasteiger partial charge in [0.2, 0.25) is 0 Å². The summed E-state index contributed by atoms with van der Waals surface area (Å²) in [5.74, 6) is -2.53. The number of aromatic nitrogens is 1. The number of rotatable bonds is 4. The minimum absolute atomic E-state index is 0.105. The molecule has 0 radical (unpaired) electrons. The molecule has 0 fully saturated rings. The van der Waals surface area contributed by atoms with E-state index < -0.39 is 17.7 Å². The molecule has 110 valence electrons. The van der Waals surface area contributed by atoms with Crippen molar-refractivity contribution in [2.75, 3.05) is 5.32 Å². The number of nitrogens with one attached hydrogen (secondary N) is 1. The van der Waals surface area contributed by atoms with Gasteiger partial charge in [-0.3, -0.25) is 4.79 Å². The molecular weight excluding hydrogens is 297 g/mol. The third-order valence-electron chi connectivity index (χ3n) is 2.60. The van der Waals surface area contributed by atoms with Crippen LogP contribution in [-0.4, -0.2) is 22.0 Å². The molecule has 8 heteroatoms. The summed E-state index contributed by atoms with van der Waals surface area (Å²) in [6.07, 6.45) is 0. The summed E-state index contributed by atoms with van der Waals surface area (Å²) in [5.41, 5.74) is 5.43. The number of benzene rings is 1. The maximum atomic E-state index is 13.2. The summed E-state index contributed by atoms with van der Waals surface area (Å²) in [7, 11) is 0. The van der Waals surface area contributed by atoms with Crippen molar-refractivity contribution in [1.29, 1.82) is 0 Å². The maximum Gasteiger partial charge on any atom is 0.337 e. The van der Waals surface area contributed by atoms with E-state index in [2.05, 4.69) is 10.3 Å². The molecule has 0 spiro atoms. The second kappa shape index (κ2) is 5.98. The highest BCUT2D eigenvalue weighted by Crippen LogP contribution is 2.20. The first kappa shape index (κ1) is 15.1. The van der Waals surface area contributed by atoms with E-state index in [0.717, 1.165) is 18.2 Å². The number of nitrogens with zero attached hydrogens (tertiary/aromatic N) is 1. The third kappa shape index (κ3) is 3.41. The molecule has 0 bridgehead atoms. The number of carboxylic acids is 1. The van der Waals surface area contributed by atoms with Crippen LogP contribution in [0.3, 0.4) is 0 Å². The van der Waals surface area contributed by atoms with Crippen molar-refractivity contribution in [3.05, 3.63) is 45.7 Å². The van der Waals surface area contributed by atoms with Gasteiger partial charge in [-0.15, -0.1) is 11.3 Å². The SMILES string of the molecule is CC(N)c1nc(C(=O)Nc2cc(F)ccc2C(=O)O)cs1. The van der Waals surface area contributed by atoms with E-state index in [1.54, 1.807) is 6.92 Å². The number of hydrogen-bond acceptors (Lipinski definition) is 5. The largest absolute Gasteiger partial charge is 0.478 e. The molecule has 2 rings (SSSR count). The molecule has 1 atom stereocenters. The Kier molecular flexibility index (Phi) is 4.29. The first-order valence-corrected chi connectivity index (χ1v) is 6.81. The van der Waals surface area contributed by atoms with Gasteiger partial charge in [0.15, 0.2) is 0 Å². The third-order valence-corrected chi connectivity index (χ3v) is 3.65. The Morgan fingerprint density at radius 3 is 2.76 bits per heavy atom. The van der Waals surface area contributed by atoms with Gasteiger partial charge in [-0.05, 0) is 25.1 Å². The van der Waals surface area contributed by atoms with Gasteiger partial charge in [-0.25, -0.2) is 14.2 Å². The summed E-state index contributed by atoms with van der Waals surface area (Å²) < 4.78 is 13.2. The molecule has 1 aromatic carbocycles. The number of nitrogens with two attached hydrogens (primary N) is 1. The molecule has 1 heterocycles. The fraction of sp³-hybridized carbons (Fsp3) is 0.154. The second-order valence-electron chi connectivity index (χ2n) is 4.31. The normalized spacial score (nSPS) is 12.0. The molecule has 0 saturated heterocycles. The molecule has 6 nitrogen and oxygen atoms in total. The summed E-state index contributed by atoms with van der Waals surface area (Å²) in [4.78, 5) is 27.1. The minimum Gasteiger partial charge on any atom is -0.478 e. The Morgan fingerprint density at radius 1 is 1.48 bits per heavy atom. The van der Waals surface area contributed by atoms with Crippen molar-refractivity contribution < 1.29 is 19.1 Å². The van der Waals surface area contributed by atoms with Gasteiger partial charge in [0, 0.05) is 5.38 Å². The van der Waals surface area contributed by atoms with E-state index in [4.69, 9.17) is 10.8 Å². The van der Waals surface area contributed by atoms with Gasteiger partial charge in [0.25, 0.3) is 5.91 Å². The van der Waals surface area contributed by atoms with Crippen LogP contribution < -0.4 is 11.1 Å². The second-order valence-corrected chi connectivity index (χ2v) is 5.20. The summed E-state index contributed by atoms with van der Waals surface area (Å²) in [6, 6.07) is 2.73. The quantitative estimate of drug-likeness (QED) is 0.803. The van der Waals surface area contributed by atoms with Gasteiger partial charge in [0.05, 0.1) is 17.3 Å². The maximum absolute atomic E-state index is 13.2. The minimum atomic E-state index is -1.26. The Labute approximate surface area is 123 Å². The van der Waals surface area contributed by atoms with Gasteiger partial charge < -0.3 is 16.2 Å². The Balaban J connectivity index is 2.26. The van der Waals surface area contributed by atoms with Crippen LogP contribution in [0.15, 0.2) is 23.6 Å². The van der Waals surface area contributed by atoms with E-state index in [0.29, 0.717) is 5.01 Å². The average molecular weight is 309 g/mol. The fourth-order valence-electron chi connectivity index (χ4n) is 1.59. The molecule has 0 saturated carbocycles. The molecular formula is C13H12FN3O3S. The molecule has 1 unspecified atom stereocenters. The van der Waals surface area contributed by atoms with Crippen LogP contribution in [0.5, 0.6) is 0 Å². The zero-order chi connectivity index (χ0) is 15.6. The predicted octanol–water partition coefficient (Wildman–Crippen LogP) is 2.25. The van der Waals surface area contributed by atoms with E-state index >= 15 is 0 Å². The van der Waals surface area contributed by atoms with Gasteiger partial charge in [0.1, 0.15) is 16.5 Å². The molecule has 0 aliphatic rings. The van der Waals surface area contributed by atoms with E-state index in [1.165, 1.54) is 16.7 Å². The van der Waals surface area contributed by atoms with Crippen LogP contribution in [0.4, 0.5) is 10.1 Å². The van der Waals surface area contributed by atoms with Crippen LogP contribution in [-0.2, 0) is 0 Å². The van der Waals surface area contributed by atoms with Crippen LogP contribution in [0.25, 0.3) is 0 Å². The van der Waals surface area contributed by atoms with Crippen LogP contribution in [0.2, 0.25) is 0 Å². The molecule has 2 aromatic rings. The highest BCUT2D eigenvalue weighted by atomic mass is 32.1. The first-order chi connectivity index (χ1) is 9.88. The molecule has 1 amide bonds. The lowest BCUT2D eigenvalue weighted by Gasteiger charge is -2.07. The topological polar surface area (TPSA) is 105 Å². The molecule has 21 heavy (non-hydrogen) atoms. The highest BCUT2D eigenvalue weighted by molar-refractivity contribution is 7.09. The molecule has 1 aromatic heterocycles. The summed E-state index contributed by atoms with van der Waals surface area (Å²) in [6.45, 7) is 1.73. The average Bonchev–Trinajstić information content (AvgIpc) is 2.88. The standard InChI is InChI=1S/C13H12FN3O3S/c1-6(15)12-17-10(5-21-12)11(18)16-9-4-7(14)2-3-8(9)13(19)20/h2-6H,15H2,1H3,(H,16,18)(H,19,20). The van der Waals surface area contributed by atoms with Crippen molar-refractivity contribution in [1.82, 2.24) is 4.98 Å². The first-order valence-electron chi connectivity index (χ1n) is 5.93. The van der Waals surface area contributed by atoms with E-state index in [-0.39, 0.29) is 23.0 Å². The van der Waals surface area contributed by atoms with Crippen molar-refractivity contribution in [3.8, 4) is 0 Å². The number of hydrogen-bond donors (Lipinski definition) is 3. The number of thiazole rings is 1. The van der Waals surface area contributed by atoms with Crippen LogP contribution in [0.1, 0.15) is 38.8 Å². The zero-order valence-corrected chi connectivity index (χ0v) is 11.8. The lowest BCUT2D eigenvalue weighted by molar-refractivity contribution is 0.0698. The highest BCUT2D eigenvalue weighted by Gasteiger charge is 2.17. The number of carbonyl (C=O) groups excluding carboxylic acids is 1. The van der Waals surface area contributed by atoms with Gasteiger partial charge in [-0.1, -0.05) is 0 Å². The smallest absolute Gasteiger partial charge is 0.337 e. The van der Waals surface area contributed by atoms with Crippen molar-refractivity contribution in [2.24, 2.45) is 5.73 Å². The Hall–Kier alpha value is -2.32. The van der Waals surface area contributed by atoms with Crippen molar-refractivity contribution in [3.63, 3.8) is 0 Å². The summed E-state index contributed by atoms with van der Waals surface area (Å²) in [5, 5.41) is 13.4. The van der Waals surface area contributed by atoms with Gasteiger partial charge in [-0.2, -0.15) is 0 Å². The van der Waals surface area contributed by atoms with Gasteiger partial charge >= 0.3 is 5.97 Å². The lowest BCUT2D eigenvalue weighted by Crippen LogP contribution is -2.16. The van der Waals surface area contributed by atoms with E-state index in [9.17, 15) is 14.0 Å². The summed E-state index contributed by atoms with van der Waals surface area (Å²) >= 11 is 1.22. The van der Waals surface area contributed by atoms with Crippen molar-refractivity contribution in [2.45, 2.75) is 13.0 Å². The number of carbonyl (C=O) groups is 2. The van der Waals surface area contributed by atoms with Crippen LogP contribution >= 0.6 is 11.3 Å². The predicted molar refractivity (Wildman–Crippen MR) is 76.0 cm³/mol. The number of amides is 1. The molecule has 0 aliphatic heterocycles. The zero-order valence-electron chi connectivity index (χ0n) is 11.0. The monoisotopic (exact) mass is 309 g/mol. The number of halogens is 1. The molecule has 4 N–H and O–H groups in total. The number of anilines is 1. The van der Waals surface area contributed by atoms with Crippen LogP contribution in [0, 0.1) is 5.82 Å². The lowest BCUT2D eigenvalue weighted by atomic mass is 10.1.